The van der Waals surface area contributed by atoms with Crippen LogP contribution in [0, 0.1) is 6.92 Å². The maximum absolute atomic E-state index is 12.5. The van der Waals surface area contributed by atoms with Crippen molar-refractivity contribution in [2.75, 3.05) is 5.75 Å². The normalized spacial score (nSPS) is 11.0. The van der Waals surface area contributed by atoms with Crippen LogP contribution in [0.2, 0.25) is 0 Å². The van der Waals surface area contributed by atoms with Gasteiger partial charge in [0.15, 0.2) is 11.0 Å². The first-order valence-electron chi connectivity index (χ1n) is 12.4. The van der Waals surface area contributed by atoms with E-state index >= 15 is 0 Å². The van der Waals surface area contributed by atoms with Gasteiger partial charge in [-0.2, -0.15) is 5.10 Å². The summed E-state index contributed by atoms with van der Waals surface area (Å²) in [5, 5.41) is 13.5. The number of carbonyl (C=O) groups excluding carboxylic acids is 1. The van der Waals surface area contributed by atoms with Gasteiger partial charge in [0.1, 0.15) is 12.4 Å². The zero-order chi connectivity index (χ0) is 26.9. The summed E-state index contributed by atoms with van der Waals surface area (Å²) in [6.07, 6.45) is 1.60. The largest absolute Gasteiger partial charge is 0.489 e. The minimum absolute atomic E-state index is 0.141. The molecule has 0 aliphatic heterocycles. The molecule has 0 aliphatic carbocycles. The second-order valence-electron chi connectivity index (χ2n) is 8.77. The molecule has 0 saturated heterocycles. The predicted molar refractivity (Wildman–Crippen MR) is 155 cm³/mol. The molecule has 5 rings (SSSR count). The monoisotopic (exact) mass is 533 g/mol. The highest BCUT2D eigenvalue weighted by atomic mass is 32.2. The van der Waals surface area contributed by atoms with E-state index < -0.39 is 0 Å². The van der Waals surface area contributed by atoms with Gasteiger partial charge in [-0.05, 0) is 54.4 Å². The molecule has 0 unspecified atom stereocenters. The molecule has 0 spiro atoms. The molecule has 0 bridgehead atoms. The van der Waals surface area contributed by atoms with Crippen LogP contribution < -0.4 is 10.2 Å². The highest BCUT2D eigenvalue weighted by Crippen LogP contribution is 2.28. The van der Waals surface area contributed by atoms with E-state index in [0.717, 1.165) is 39.5 Å². The van der Waals surface area contributed by atoms with Gasteiger partial charge in [0.05, 0.1) is 12.0 Å². The first-order chi connectivity index (χ1) is 19.2. The number of rotatable bonds is 10. The number of amides is 1. The Morgan fingerprint density at radius 3 is 2.31 bits per heavy atom. The molecule has 1 N–H and O–H groups in total. The molecule has 194 valence electrons. The Morgan fingerprint density at radius 2 is 1.59 bits per heavy atom. The number of hydrogen-bond acceptors (Lipinski definition) is 6. The van der Waals surface area contributed by atoms with E-state index in [1.165, 1.54) is 11.8 Å². The van der Waals surface area contributed by atoms with Crippen LogP contribution in [0.4, 0.5) is 0 Å². The molecule has 0 radical (unpaired) electrons. The maximum atomic E-state index is 12.5. The second-order valence-corrected chi connectivity index (χ2v) is 9.71. The van der Waals surface area contributed by atoms with Crippen LogP contribution in [0.5, 0.6) is 5.75 Å². The number of hydrazone groups is 1. The van der Waals surface area contributed by atoms with E-state index in [-0.39, 0.29) is 11.7 Å². The van der Waals surface area contributed by atoms with E-state index in [9.17, 15) is 4.79 Å². The van der Waals surface area contributed by atoms with Crippen molar-refractivity contribution in [3.05, 3.63) is 126 Å². The number of benzene rings is 4. The van der Waals surface area contributed by atoms with Gasteiger partial charge < -0.3 is 4.74 Å². The number of aryl methyl sites for hydroxylation is 1. The summed E-state index contributed by atoms with van der Waals surface area (Å²) < 4.78 is 7.78. The average Bonchev–Trinajstić information content (AvgIpc) is 3.41. The molecule has 1 heterocycles. The van der Waals surface area contributed by atoms with E-state index in [2.05, 4.69) is 20.7 Å². The minimum Gasteiger partial charge on any atom is -0.489 e. The number of nitrogens with one attached hydrogen (secondary N) is 1. The highest BCUT2D eigenvalue weighted by Gasteiger charge is 2.17. The van der Waals surface area contributed by atoms with Crippen LogP contribution in [0.15, 0.2) is 119 Å². The standard InChI is InChI=1S/C31H27N5O2S/c1-23-12-16-27(17-13-23)36-30(26-10-6-3-7-11-26)34-35-31(36)39-22-29(37)33-32-20-24-14-18-28(19-15-24)38-21-25-8-4-2-5-9-25/h2-20H,21-22H2,1H3,(H,33,37)/b32-20-. The molecule has 7 nitrogen and oxygen atoms in total. The summed E-state index contributed by atoms with van der Waals surface area (Å²) in [5.74, 6) is 1.39. The third-order valence-electron chi connectivity index (χ3n) is 5.82. The summed E-state index contributed by atoms with van der Waals surface area (Å²) in [5.41, 5.74) is 7.59. The van der Waals surface area contributed by atoms with E-state index in [1.807, 2.05) is 121 Å². The molecule has 0 fully saturated rings. The summed E-state index contributed by atoms with van der Waals surface area (Å²) in [4.78, 5) is 12.5. The Morgan fingerprint density at radius 1 is 0.897 bits per heavy atom. The number of aromatic nitrogens is 3. The topological polar surface area (TPSA) is 81.4 Å². The molecule has 0 aliphatic rings. The van der Waals surface area contributed by atoms with Crippen molar-refractivity contribution in [3.63, 3.8) is 0 Å². The van der Waals surface area contributed by atoms with Crippen molar-refractivity contribution in [2.24, 2.45) is 5.10 Å². The van der Waals surface area contributed by atoms with Crippen molar-refractivity contribution in [1.82, 2.24) is 20.2 Å². The minimum atomic E-state index is -0.237. The lowest BCUT2D eigenvalue weighted by molar-refractivity contribution is -0.118. The number of ether oxygens (including phenoxy) is 1. The number of hydrogen-bond donors (Lipinski definition) is 1. The third-order valence-corrected chi connectivity index (χ3v) is 6.75. The summed E-state index contributed by atoms with van der Waals surface area (Å²) in [6, 6.07) is 35.6. The zero-order valence-corrected chi connectivity index (χ0v) is 22.2. The van der Waals surface area contributed by atoms with Gasteiger partial charge in [0.2, 0.25) is 0 Å². The van der Waals surface area contributed by atoms with Gasteiger partial charge in [0.25, 0.3) is 5.91 Å². The first kappa shape index (κ1) is 25.9. The quantitative estimate of drug-likeness (QED) is 0.134. The van der Waals surface area contributed by atoms with Crippen LogP contribution in [-0.2, 0) is 11.4 Å². The lowest BCUT2D eigenvalue weighted by atomic mass is 10.2. The van der Waals surface area contributed by atoms with Crippen molar-refractivity contribution in [3.8, 4) is 22.8 Å². The Bertz CT molecular complexity index is 1530. The molecule has 0 atom stereocenters. The summed E-state index contributed by atoms with van der Waals surface area (Å²) in [6.45, 7) is 2.55. The van der Waals surface area contributed by atoms with Crippen molar-refractivity contribution < 1.29 is 9.53 Å². The van der Waals surface area contributed by atoms with E-state index in [4.69, 9.17) is 4.74 Å². The molecule has 4 aromatic carbocycles. The Hall–Kier alpha value is -4.69. The number of nitrogens with zero attached hydrogens (tertiary/aromatic N) is 4. The molecule has 1 amide bonds. The second kappa shape index (κ2) is 12.7. The molecular weight excluding hydrogens is 506 g/mol. The Kier molecular flexibility index (Phi) is 8.45. The van der Waals surface area contributed by atoms with Crippen LogP contribution in [0.3, 0.4) is 0 Å². The predicted octanol–water partition coefficient (Wildman–Crippen LogP) is 6.06. The van der Waals surface area contributed by atoms with Crippen molar-refractivity contribution in [2.45, 2.75) is 18.7 Å². The van der Waals surface area contributed by atoms with E-state index in [1.54, 1.807) is 6.21 Å². The fourth-order valence-electron chi connectivity index (χ4n) is 3.80. The van der Waals surface area contributed by atoms with Crippen LogP contribution in [-0.4, -0.2) is 32.6 Å². The molecule has 1 aromatic heterocycles. The summed E-state index contributed by atoms with van der Waals surface area (Å²) in [7, 11) is 0. The molecule has 39 heavy (non-hydrogen) atoms. The SMILES string of the molecule is Cc1ccc(-n2c(SCC(=O)N/N=C\c3ccc(OCc4ccccc4)cc3)nnc2-c2ccccc2)cc1. The number of carbonyl (C=O) groups is 1. The Balaban J connectivity index is 1.18. The van der Waals surface area contributed by atoms with Crippen LogP contribution in [0.1, 0.15) is 16.7 Å². The smallest absolute Gasteiger partial charge is 0.250 e. The third kappa shape index (κ3) is 7.00. The van der Waals surface area contributed by atoms with Gasteiger partial charge in [-0.25, -0.2) is 5.43 Å². The number of thioether (sulfide) groups is 1. The van der Waals surface area contributed by atoms with E-state index in [0.29, 0.717) is 11.8 Å². The molecule has 0 saturated carbocycles. The van der Waals surface area contributed by atoms with Crippen LogP contribution in [0.25, 0.3) is 17.1 Å². The van der Waals surface area contributed by atoms with Crippen LogP contribution >= 0.6 is 11.8 Å². The lowest BCUT2D eigenvalue weighted by Crippen LogP contribution is -2.20. The summed E-state index contributed by atoms with van der Waals surface area (Å²) >= 11 is 1.31. The van der Waals surface area contributed by atoms with Gasteiger partial charge in [-0.3, -0.25) is 9.36 Å². The zero-order valence-electron chi connectivity index (χ0n) is 21.4. The lowest BCUT2D eigenvalue weighted by Gasteiger charge is -2.10. The fourth-order valence-corrected chi connectivity index (χ4v) is 4.54. The Labute approximate surface area is 231 Å². The van der Waals surface area contributed by atoms with Gasteiger partial charge in [-0.1, -0.05) is 90.1 Å². The maximum Gasteiger partial charge on any atom is 0.250 e. The first-order valence-corrected chi connectivity index (χ1v) is 13.4. The van der Waals surface area contributed by atoms with Gasteiger partial charge in [-0.15, -0.1) is 10.2 Å². The highest BCUT2D eigenvalue weighted by molar-refractivity contribution is 7.99. The van der Waals surface area contributed by atoms with Crippen molar-refractivity contribution in [1.29, 1.82) is 0 Å². The molecular formula is C31H27N5O2S. The average molecular weight is 534 g/mol. The van der Waals surface area contributed by atoms with Gasteiger partial charge in [0, 0.05) is 11.3 Å². The molecule has 5 aromatic rings. The molecule has 8 heteroatoms. The van der Waals surface area contributed by atoms with Gasteiger partial charge >= 0.3 is 0 Å². The van der Waals surface area contributed by atoms with Crippen molar-refractivity contribution >= 4 is 23.9 Å². The fraction of sp³-hybridized carbons (Fsp3) is 0.0968.